The number of aliphatic carboxylic acids is 1. The molecule has 0 aliphatic heterocycles. The summed E-state index contributed by atoms with van der Waals surface area (Å²) in [4.78, 5) is 48.0. The zero-order valence-electron chi connectivity index (χ0n) is 28.7. The van der Waals surface area contributed by atoms with Crippen molar-refractivity contribution in [2.24, 2.45) is 5.92 Å². The van der Waals surface area contributed by atoms with Crippen molar-refractivity contribution >= 4 is 23.9 Å². The van der Waals surface area contributed by atoms with Gasteiger partial charge in [-0.1, -0.05) is 109 Å². The smallest absolute Gasteiger partial charge is 0.306 e. The van der Waals surface area contributed by atoms with Crippen LogP contribution < -0.4 is 0 Å². The monoisotopic (exact) mass is 636 g/mol. The highest BCUT2D eigenvalue weighted by Gasteiger charge is 2.21. The molecule has 0 aromatic rings. The van der Waals surface area contributed by atoms with Gasteiger partial charge in [0, 0.05) is 25.7 Å². The van der Waals surface area contributed by atoms with Crippen molar-refractivity contribution in [1.29, 1.82) is 0 Å². The first-order valence-electron chi connectivity index (χ1n) is 17.8. The van der Waals surface area contributed by atoms with Crippen molar-refractivity contribution in [3.63, 3.8) is 0 Å². The number of carboxylic acids is 1. The summed E-state index contributed by atoms with van der Waals surface area (Å²) in [7, 11) is 0. The van der Waals surface area contributed by atoms with Gasteiger partial charge in [0.25, 0.3) is 0 Å². The highest BCUT2D eigenvalue weighted by atomic mass is 16.6. The second kappa shape index (κ2) is 31.3. The van der Waals surface area contributed by atoms with Gasteiger partial charge in [0.1, 0.15) is 13.2 Å². The molecule has 0 aromatic carbocycles. The van der Waals surface area contributed by atoms with E-state index in [0.717, 1.165) is 89.9 Å². The molecule has 0 heterocycles. The maximum absolute atomic E-state index is 12.4. The van der Waals surface area contributed by atoms with Crippen LogP contribution in [0.25, 0.3) is 0 Å². The lowest BCUT2D eigenvalue weighted by Gasteiger charge is -2.19. The summed E-state index contributed by atoms with van der Waals surface area (Å²) in [6.07, 6.45) is 27.9. The van der Waals surface area contributed by atoms with E-state index in [1.54, 1.807) is 6.92 Å². The Balaban J connectivity index is 4.37. The van der Waals surface area contributed by atoms with Crippen LogP contribution in [-0.4, -0.2) is 48.3 Å². The minimum atomic E-state index is -0.992. The third kappa shape index (κ3) is 31.1. The van der Waals surface area contributed by atoms with E-state index in [0.29, 0.717) is 0 Å². The lowest BCUT2D eigenvalue weighted by atomic mass is 10.0. The van der Waals surface area contributed by atoms with Gasteiger partial charge < -0.3 is 19.3 Å². The molecule has 1 atom stereocenters. The predicted octanol–water partition coefficient (Wildman–Crippen LogP) is 9.44. The van der Waals surface area contributed by atoms with Crippen LogP contribution in [0.1, 0.15) is 162 Å². The van der Waals surface area contributed by atoms with Crippen molar-refractivity contribution in [2.75, 3.05) is 13.2 Å². The van der Waals surface area contributed by atoms with Crippen LogP contribution >= 0.6 is 0 Å². The van der Waals surface area contributed by atoms with Gasteiger partial charge in [0.05, 0.1) is 0 Å². The minimum absolute atomic E-state index is 0.0895. The number of hydrogen-bond donors (Lipinski definition) is 1. The molecule has 0 saturated heterocycles. The molecule has 0 amide bonds. The first-order valence-corrected chi connectivity index (χ1v) is 17.8. The van der Waals surface area contributed by atoms with Crippen LogP contribution in [0.5, 0.6) is 0 Å². The Morgan fingerprint density at radius 2 is 0.956 bits per heavy atom. The van der Waals surface area contributed by atoms with E-state index in [4.69, 9.17) is 19.3 Å². The fraction of sp³-hybridized carbons (Fsp3) is 0.784. The molecule has 8 nitrogen and oxygen atoms in total. The number of allylic oxidation sites excluding steroid dienone is 4. The van der Waals surface area contributed by atoms with E-state index < -0.39 is 24.0 Å². The molecule has 0 rings (SSSR count). The third-order valence-electron chi connectivity index (χ3n) is 7.48. The lowest BCUT2D eigenvalue weighted by molar-refractivity contribution is -0.167. The summed E-state index contributed by atoms with van der Waals surface area (Å²) in [5, 5.41) is 8.95. The number of carbonyl (C=O) groups excluding carboxylic acids is 3. The summed E-state index contributed by atoms with van der Waals surface area (Å²) in [6.45, 7) is 5.63. The zero-order valence-corrected chi connectivity index (χ0v) is 28.7. The van der Waals surface area contributed by atoms with E-state index in [-0.39, 0.29) is 50.8 Å². The predicted molar refractivity (Wildman–Crippen MR) is 180 cm³/mol. The largest absolute Gasteiger partial charge is 0.481 e. The molecule has 0 fully saturated rings. The van der Waals surface area contributed by atoms with Gasteiger partial charge in [-0.05, 0) is 57.3 Å². The number of ether oxygens (including phenoxy) is 3. The molecule has 260 valence electrons. The van der Waals surface area contributed by atoms with Crippen LogP contribution in [0, 0.1) is 5.92 Å². The standard InChI is InChI=1S/C37H64O8/c1-4-6-8-10-12-14-16-18-20-22-24-26-35(40)43-30-33(45-37(42)29-32(3)28-34(38)39)31-44-36(41)27-25-23-21-19-17-15-13-11-9-7-5-2/h10-13,32-33H,4-9,14-31H2,1-3H3,(H,38,39)/b12-10-,13-11-. The van der Waals surface area contributed by atoms with E-state index in [2.05, 4.69) is 38.2 Å². The second-order valence-electron chi connectivity index (χ2n) is 12.2. The molecule has 0 bridgehead atoms. The van der Waals surface area contributed by atoms with E-state index in [1.165, 1.54) is 25.7 Å². The molecule has 0 radical (unpaired) electrons. The normalized spacial score (nSPS) is 12.2. The maximum Gasteiger partial charge on any atom is 0.306 e. The minimum Gasteiger partial charge on any atom is -0.481 e. The van der Waals surface area contributed by atoms with Crippen LogP contribution in [0.15, 0.2) is 24.3 Å². The molecule has 0 spiro atoms. The van der Waals surface area contributed by atoms with Gasteiger partial charge in [-0.2, -0.15) is 0 Å². The molecule has 0 aliphatic carbocycles. The Morgan fingerprint density at radius 3 is 1.38 bits per heavy atom. The maximum atomic E-state index is 12.4. The molecular formula is C37H64O8. The molecule has 1 N–H and O–H groups in total. The summed E-state index contributed by atoms with van der Waals surface area (Å²) >= 11 is 0. The van der Waals surface area contributed by atoms with Crippen LogP contribution in [0.3, 0.4) is 0 Å². The summed E-state index contributed by atoms with van der Waals surface area (Å²) in [6, 6.07) is 0. The Labute approximate surface area is 273 Å². The fourth-order valence-corrected chi connectivity index (χ4v) is 4.76. The Bertz CT molecular complexity index is 771. The van der Waals surface area contributed by atoms with E-state index in [9.17, 15) is 19.2 Å². The summed E-state index contributed by atoms with van der Waals surface area (Å²) in [5.74, 6) is -2.77. The molecular weight excluding hydrogens is 572 g/mol. The fourth-order valence-electron chi connectivity index (χ4n) is 4.76. The summed E-state index contributed by atoms with van der Waals surface area (Å²) < 4.78 is 16.1. The van der Waals surface area contributed by atoms with Crippen molar-refractivity contribution in [3.8, 4) is 0 Å². The highest BCUT2D eigenvalue weighted by Crippen LogP contribution is 2.13. The second-order valence-corrected chi connectivity index (χ2v) is 12.2. The molecule has 0 aromatic heterocycles. The number of esters is 3. The van der Waals surface area contributed by atoms with Crippen molar-refractivity contribution in [2.45, 2.75) is 168 Å². The SMILES string of the molecule is CCCC/C=C\CCCCCCCC(=O)OCC(COC(=O)CCCCCCC/C=C\CCCC)OC(=O)CC(C)CC(=O)O. The van der Waals surface area contributed by atoms with E-state index in [1.807, 2.05) is 0 Å². The van der Waals surface area contributed by atoms with Crippen molar-refractivity contribution in [1.82, 2.24) is 0 Å². The van der Waals surface area contributed by atoms with Crippen LogP contribution in [0.4, 0.5) is 0 Å². The molecule has 45 heavy (non-hydrogen) atoms. The average Bonchev–Trinajstić information content (AvgIpc) is 2.99. The van der Waals surface area contributed by atoms with Gasteiger partial charge in [0.2, 0.25) is 0 Å². The van der Waals surface area contributed by atoms with Crippen molar-refractivity contribution < 1.29 is 38.5 Å². The lowest BCUT2D eigenvalue weighted by Crippen LogP contribution is -2.31. The zero-order chi connectivity index (χ0) is 33.4. The highest BCUT2D eigenvalue weighted by molar-refractivity contribution is 5.72. The van der Waals surface area contributed by atoms with E-state index >= 15 is 0 Å². The quantitative estimate of drug-likeness (QED) is 0.0346. The first-order chi connectivity index (χ1) is 21.8. The number of carbonyl (C=O) groups is 4. The van der Waals surface area contributed by atoms with Gasteiger partial charge in [-0.3, -0.25) is 19.2 Å². The number of unbranched alkanes of at least 4 members (excludes halogenated alkanes) is 14. The Morgan fingerprint density at radius 1 is 0.556 bits per heavy atom. The topological polar surface area (TPSA) is 116 Å². The van der Waals surface area contributed by atoms with Crippen molar-refractivity contribution in [3.05, 3.63) is 24.3 Å². The Kier molecular flexibility index (Phi) is 29.5. The van der Waals surface area contributed by atoms with Gasteiger partial charge >= 0.3 is 23.9 Å². The van der Waals surface area contributed by atoms with Gasteiger partial charge in [0.15, 0.2) is 6.10 Å². The summed E-state index contributed by atoms with van der Waals surface area (Å²) in [5.41, 5.74) is 0. The number of hydrogen-bond acceptors (Lipinski definition) is 7. The molecule has 0 saturated carbocycles. The Hall–Kier alpha value is -2.64. The third-order valence-corrected chi connectivity index (χ3v) is 7.48. The first kappa shape index (κ1) is 42.4. The van der Waals surface area contributed by atoms with Gasteiger partial charge in [-0.25, -0.2) is 0 Å². The molecule has 8 heteroatoms. The number of rotatable bonds is 31. The molecule has 1 unspecified atom stereocenters. The number of carboxylic acid groups (broad SMARTS) is 1. The van der Waals surface area contributed by atoms with Gasteiger partial charge in [-0.15, -0.1) is 0 Å². The molecule has 0 aliphatic rings. The van der Waals surface area contributed by atoms with Crippen LogP contribution in [-0.2, 0) is 33.4 Å². The van der Waals surface area contributed by atoms with Crippen LogP contribution in [0.2, 0.25) is 0 Å². The average molecular weight is 637 g/mol.